The first-order valence-electron chi connectivity index (χ1n) is 6.74. The van der Waals surface area contributed by atoms with E-state index in [0.29, 0.717) is 11.4 Å². The molecule has 4 heteroatoms. The van der Waals surface area contributed by atoms with Crippen LogP contribution in [0.2, 0.25) is 5.02 Å². The summed E-state index contributed by atoms with van der Waals surface area (Å²) in [5.41, 5.74) is 0.340. The number of aliphatic carboxylic acids is 1. The molecule has 0 amide bonds. The summed E-state index contributed by atoms with van der Waals surface area (Å²) in [5.74, 6) is -0.731. The lowest BCUT2D eigenvalue weighted by atomic mass is 9.94. The van der Waals surface area contributed by atoms with Crippen LogP contribution in [-0.4, -0.2) is 28.1 Å². The smallest absolute Gasteiger partial charge is 0.323 e. The van der Waals surface area contributed by atoms with Crippen molar-refractivity contribution < 1.29 is 9.90 Å². The first-order valence-corrected chi connectivity index (χ1v) is 7.12. The van der Waals surface area contributed by atoms with Gasteiger partial charge in [-0.3, -0.25) is 9.69 Å². The van der Waals surface area contributed by atoms with E-state index in [1.54, 1.807) is 0 Å². The molecule has 0 bridgehead atoms. The first kappa shape index (κ1) is 14.4. The summed E-state index contributed by atoms with van der Waals surface area (Å²) >= 11 is 6.05. The Kier molecular flexibility index (Phi) is 4.16. The lowest BCUT2D eigenvalue weighted by Gasteiger charge is -2.37. The van der Waals surface area contributed by atoms with E-state index in [0.717, 1.165) is 24.9 Å². The molecule has 1 aliphatic heterocycles. The van der Waals surface area contributed by atoms with Gasteiger partial charge in [-0.1, -0.05) is 30.7 Å². The Morgan fingerprint density at radius 2 is 2.32 bits per heavy atom. The second-order valence-electron chi connectivity index (χ2n) is 5.36. The minimum atomic E-state index is -0.761. The molecule has 104 valence electrons. The number of hydrogen-bond acceptors (Lipinski definition) is 2. The number of carboxylic acid groups (broad SMARTS) is 1. The van der Waals surface area contributed by atoms with Crippen LogP contribution in [0.4, 0.5) is 0 Å². The second-order valence-corrected chi connectivity index (χ2v) is 5.79. The molecule has 2 rings (SSSR count). The van der Waals surface area contributed by atoms with Crippen LogP contribution >= 0.6 is 11.6 Å². The molecule has 1 heterocycles. The van der Waals surface area contributed by atoms with E-state index < -0.39 is 11.5 Å². The molecular formula is C15H20ClNO2. The molecule has 1 N–H and O–H groups in total. The fourth-order valence-electron chi connectivity index (χ4n) is 3.06. The molecule has 2 unspecified atom stereocenters. The van der Waals surface area contributed by atoms with Crippen LogP contribution in [0, 0.1) is 0 Å². The maximum atomic E-state index is 11.6. The Balaban J connectivity index is 2.34. The molecule has 19 heavy (non-hydrogen) atoms. The van der Waals surface area contributed by atoms with Crippen molar-refractivity contribution in [2.45, 2.75) is 44.7 Å². The van der Waals surface area contributed by atoms with Crippen molar-refractivity contribution in [3.8, 4) is 0 Å². The highest BCUT2D eigenvalue weighted by Crippen LogP contribution is 2.39. The monoisotopic (exact) mass is 281 g/mol. The van der Waals surface area contributed by atoms with Crippen LogP contribution in [0.25, 0.3) is 0 Å². The SMILES string of the molecule is CCC(c1cccc(Cl)c1)N1CCCC1(C)C(=O)O. The van der Waals surface area contributed by atoms with E-state index in [1.807, 2.05) is 31.2 Å². The van der Waals surface area contributed by atoms with Gasteiger partial charge in [0.25, 0.3) is 0 Å². The zero-order valence-corrected chi connectivity index (χ0v) is 12.2. The highest BCUT2D eigenvalue weighted by Gasteiger charge is 2.46. The number of benzene rings is 1. The lowest BCUT2D eigenvalue weighted by Crippen LogP contribution is -2.49. The Morgan fingerprint density at radius 1 is 1.58 bits per heavy atom. The Bertz CT molecular complexity index is 477. The van der Waals surface area contributed by atoms with Gasteiger partial charge in [0.1, 0.15) is 5.54 Å². The maximum absolute atomic E-state index is 11.6. The standard InChI is InChI=1S/C15H20ClNO2/c1-3-13(11-6-4-7-12(16)10-11)17-9-5-8-15(17,2)14(18)19/h4,6-7,10,13H,3,5,8-9H2,1-2H3,(H,18,19). The Hall–Kier alpha value is -1.06. The quantitative estimate of drug-likeness (QED) is 0.914. The van der Waals surface area contributed by atoms with Crippen LogP contribution in [0.3, 0.4) is 0 Å². The van der Waals surface area contributed by atoms with E-state index in [1.165, 1.54) is 0 Å². The molecule has 0 saturated carbocycles. The van der Waals surface area contributed by atoms with E-state index >= 15 is 0 Å². The van der Waals surface area contributed by atoms with E-state index in [9.17, 15) is 9.90 Å². The molecule has 0 spiro atoms. The highest BCUT2D eigenvalue weighted by molar-refractivity contribution is 6.30. The number of rotatable bonds is 4. The van der Waals surface area contributed by atoms with Crippen LogP contribution in [0.1, 0.15) is 44.7 Å². The van der Waals surface area contributed by atoms with Gasteiger partial charge in [-0.05, 0) is 50.4 Å². The zero-order valence-electron chi connectivity index (χ0n) is 11.4. The summed E-state index contributed by atoms with van der Waals surface area (Å²) in [6.07, 6.45) is 2.52. The second kappa shape index (κ2) is 5.51. The minimum Gasteiger partial charge on any atom is -0.480 e. The molecule has 0 aliphatic carbocycles. The minimum absolute atomic E-state index is 0.113. The molecule has 1 aromatic rings. The first-order chi connectivity index (χ1) is 8.99. The third-order valence-corrected chi connectivity index (χ3v) is 4.39. The Labute approximate surface area is 119 Å². The summed E-state index contributed by atoms with van der Waals surface area (Å²) in [6.45, 7) is 4.75. The summed E-state index contributed by atoms with van der Waals surface area (Å²) in [6, 6.07) is 7.85. The largest absolute Gasteiger partial charge is 0.480 e. The average Bonchev–Trinajstić information content (AvgIpc) is 2.74. The highest BCUT2D eigenvalue weighted by atomic mass is 35.5. The fraction of sp³-hybridized carbons (Fsp3) is 0.533. The van der Waals surface area contributed by atoms with Gasteiger partial charge in [0.05, 0.1) is 0 Å². The summed E-state index contributed by atoms with van der Waals surface area (Å²) < 4.78 is 0. The van der Waals surface area contributed by atoms with Crippen LogP contribution in [-0.2, 0) is 4.79 Å². The summed E-state index contributed by atoms with van der Waals surface area (Å²) in [7, 11) is 0. The number of halogens is 1. The fourth-order valence-corrected chi connectivity index (χ4v) is 3.26. The van der Waals surface area contributed by atoms with Crippen molar-refractivity contribution in [1.29, 1.82) is 0 Å². The number of carboxylic acids is 1. The van der Waals surface area contributed by atoms with Gasteiger partial charge < -0.3 is 5.11 Å². The van der Waals surface area contributed by atoms with Gasteiger partial charge in [-0.2, -0.15) is 0 Å². The zero-order chi connectivity index (χ0) is 14.0. The number of likely N-dealkylation sites (tertiary alicyclic amines) is 1. The van der Waals surface area contributed by atoms with Crippen LogP contribution in [0.15, 0.2) is 24.3 Å². The van der Waals surface area contributed by atoms with E-state index in [4.69, 9.17) is 11.6 Å². The van der Waals surface area contributed by atoms with Crippen molar-refractivity contribution in [2.75, 3.05) is 6.54 Å². The Morgan fingerprint density at radius 3 is 2.89 bits per heavy atom. The van der Waals surface area contributed by atoms with Gasteiger partial charge in [0.15, 0.2) is 0 Å². The number of hydrogen-bond donors (Lipinski definition) is 1. The van der Waals surface area contributed by atoms with E-state index in [-0.39, 0.29) is 6.04 Å². The van der Waals surface area contributed by atoms with Gasteiger partial charge in [0, 0.05) is 11.1 Å². The topological polar surface area (TPSA) is 40.5 Å². The third-order valence-electron chi connectivity index (χ3n) is 4.15. The molecule has 3 nitrogen and oxygen atoms in total. The predicted molar refractivity (Wildman–Crippen MR) is 76.5 cm³/mol. The molecule has 0 aromatic heterocycles. The molecule has 1 saturated heterocycles. The molecule has 1 aromatic carbocycles. The van der Waals surface area contributed by atoms with Crippen molar-refractivity contribution in [1.82, 2.24) is 4.90 Å². The van der Waals surface area contributed by atoms with Gasteiger partial charge in [-0.15, -0.1) is 0 Å². The van der Waals surface area contributed by atoms with Crippen molar-refractivity contribution in [3.63, 3.8) is 0 Å². The molecule has 2 atom stereocenters. The predicted octanol–water partition coefficient (Wildman–Crippen LogP) is 3.73. The van der Waals surface area contributed by atoms with Gasteiger partial charge in [-0.25, -0.2) is 0 Å². The molecule has 1 aliphatic rings. The summed E-state index contributed by atoms with van der Waals surface area (Å²) in [5, 5.41) is 10.2. The van der Waals surface area contributed by atoms with Crippen molar-refractivity contribution in [2.24, 2.45) is 0 Å². The molecule has 1 fully saturated rings. The number of carbonyl (C=O) groups is 1. The van der Waals surface area contributed by atoms with Crippen molar-refractivity contribution in [3.05, 3.63) is 34.9 Å². The molecule has 0 radical (unpaired) electrons. The number of nitrogens with zero attached hydrogens (tertiary/aromatic N) is 1. The maximum Gasteiger partial charge on any atom is 0.323 e. The van der Waals surface area contributed by atoms with Crippen molar-refractivity contribution >= 4 is 17.6 Å². The normalized spacial score (nSPS) is 25.4. The average molecular weight is 282 g/mol. The van der Waals surface area contributed by atoms with Crippen LogP contribution in [0.5, 0.6) is 0 Å². The summed E-state index contributed by atoms with van der Waals surface area (Å²) in [4.78, 5) is 13.7. The third kappa shape index (κ3) is 2.63. The van der Waals surface area contributed by atoms with E-state index in [2.05, 4.69) is 11.8 Å². The van der Waals surface area contributed by atoms with Crippen LogP contribution < -0.4 is 0 Å². The van der Waals surface area contributed by atoms with Gasteiger partial charge >= 0.3 is 5.97 Å². The van der Waals surface area contributed by atoms with Gasteiger partial charge in [0.2, 0.25) is 0 Å². The lowest BCUT2D eigenvalue weighted by molar-refractivity contribution is -0.150. The molecular weight excluding hydrogens is 262 g/mol.